The summed E-state index contributed by atoms with van der Waals surface area (Å²) in [5.74, 6) is 1.35. The van der Waals surface area contributed by atoms with Crippen LogP contribution in [-0.4, -0.2) is 31.5 Å². The lowest BCUT2D eigenvalue weighted by molar-refractivity contribution is 0.0694. The predicted molar refractivity (Wildman–Crippen MR) is 94.1 cm³/mol. The van der Waals surface area contributed by atoms with Crippen LogP contribution in [-0.2, 0) is 14.9 Å². The van der Waals surface area contributed by atoms with Gasteiger partial charge in [0.25, 0.3) is 0 Å². The summed E-state index contributed by atoms with van der Waals surface area (Å²) in [7, 11) is 1.62. The van der Waals surface area contributed by atoms with Crippen LogP contribution in [0.2, 0.25) is 0 Å². The van der Waals surface area contributed by atoms with Gasteiger partial charge >= 0.3 is 5.63 Å². The molecule has 0 amide bonds. The first kappa shape index (κ1) is 16.1. The number of rotatable bonds is 3. The first-order chi connectivity index (χ1) is 12.3. The number of benzene rings is 1. The Morgan fingerprint density at radius 1 is 1.27 bits per heavy atom. The standard InChI is InChI=1S/C20H22O6/c1-19(2,10-8-23-10)13-15-9(6-7-11(21)24-15)14(22-5)12-16(13)26-20(3,4)18-17(12)25-18/h6-7,10,17-18H,8H2,1-5H3. The first-order valence-electron chi connectivity index (χ1n) is 8.90. The van der Waals surface area contributed by atoms with Crippen LogP contribution < -0.4 is 15.1 Å². The molecule has 4 heterocycles. The van der Waals surface area contributed by atoms with Crippen molar-refractivity contribution in [2.45, 2.75) is 57.0 Å². The fourth-order valence-corrected chi connectivity index (χ4v) is 4.24. The van der Waals surface area contributed by atoms with Gasteiger partial charge in [-0.25, -0.2) is 4.79 Å². The summed E-state index contributed by atoms with van der Waals surface area (Å²) < 4.78 is 29.4. The van der Waals surface area contributed by atoms with Crippen LogP contribution in [0, 0.1) is 0 Å². The monoisotopic (exact) mass is 358 g/mol. The molecule has 6 nitrogen and oxygen atoms in total. The number of hydrogen-bond donors (Lipinski definition) is 0. The molecule has 0 saturated carbocycles. The highest BCUT2D eigenvalue weighted by atomic mass is 16.6. The third-order valence-electron chi connectivity index (χ3n) is 5.83. The molecular weight excluding hydrogens is 336 g/mol. The number of fused-ring (bicyclic) bond motifs is 4. The molecule has 2 aromatic rings. The van der Waals surface area contributed by atoms with Crippen LogP contribution in [0.5, 0.6) is 11.5 Å². The van der Waals surface area contributed by atoms with Crippen molar-refractivity contribution in [2.75, 3.05) is 13.7 Å². The van der Waals surface area contributed by atoms with Crippen LogP contribution in [0.3, 0.4) is 0 Å². The zero-order valence-electron chi connectivity index (χ0n) is 15.5. The van der Waals surface area contributed by atoms with Gasteiger partial charge in [-0.15, -0.1) is 0 Å². The molecule has 26 heavy (non-hydrogen) atoms. The highest BCUT2D eigenvalue weighted by molar-refractivity contribution is 5.92. The lowest BCUT2D eigenvalue weighted by Gasteiger charge is -2.35. The van der Waals surface area contributed by atoms with E-state index in [4.69, 9.17) is 23.4 Å². The van der Waals surface area contributed by atoms with Crippen molar-refractivity contribution in [1.29, 1.82) is 0 Å². The van der Waals surface area contributed by atoms with Gasteiger partial charge in [0.2, 0.25) is 0 Å². The number of epoxide rings is 2. The second kappa shape index (κ2) is 4.81. The van der Waals surface area contributed by atoms with Crippen molar-refractivity contribution in [3.8, 4) is 11.5 Å². The highest BCUT2D eigenvalue weighted by Gasteiger charge is 2.60. The predicted octanol–water partition coefficient (Wildman–Crippen LogP) is 3.09. The van der Waals surface area contributed by atoms with E-state index in [1.807, 2.05) is 13.8 Å². The van der Waals surface area contributed by atoms with Crippen molar-refractivity contribution >= 4 is 11.0 Å². The second-order valence-electron chi connectivity index (χ2n) is 8.37. The summed E-state index contributed by atoms with van der Waals surface area (Å²) in [6, 6.07) is 3.17. The summed E-state index contributed by atoms with van der Waals surface area (Å²) in [5.41, 5.74) is 1.00. The zero-order chi connectivity index (χ0) is 18.4. The summed E-state index contributed by atoms with van der Waals surface area (Å²) in [6.45, 7) is 8.90. The van der Waals surface area contributed by atoms with Crippen molar-refractivity contribution in [3.63, 3.8) is 0 Å². The minimum Gasteiger partial charge on any atom is -0.495 e. The van der Waals surface area contributed by atoms with E-state index < -0.39 is 11.2 Å². The molecule has 0 N–H and O–H groups in total. The van der Waals surface area contributed by atoms with Gasteiger partial charge < -0.3 is 23.4 Å². The lowest BCUT2D eigenvalue weighted by atomic mass is 9.77. The lowest BCUT2D eigenvalue weighted by Crippen LogP contribution is -2.39. The minimum atomic E-state index is -0.472. The fourth-order valence-electron chi connectivity index (χ4n) is 4.24. The van der Waals surface area contributed by atoms with Gasteiger partial charge in [-0.1, -0.05) is 13.8 Å². The summed E-state index contributed by atoms with van der Waals surface area (Å²) in [4.78, 5) is 12.0. The zero-order valence-corrected chi connectivity index (χ0v) is 15.5. The number of hydrogen-bond acceptors (Lipinski definition) is 6. The Labute approximate surface area is 151 Å². The van der Waals surface area contributed by atoms with Crippen molar-refractivity contribution in [2.24, 2.45) is 0 Å². The Bertz CT molecular complexity index is 982. The summed E-state index contributed by atoms with van der Waals surface area (Å²) in [5, 5.41) is 0.757. The third-order valence-corrected chi connectivity index (χ3v) is 5.83. The van der Waals surface area contributed by atoms with E-state index in [0.29, 0.717) is 23.7 Å². The summed E-state index contributed by atoms with van der Waals surface area (Å²) >= 11 is 0. The Morgan fingerprint density at radius 3 is 2.65 bits per heavy atom. The van der Waals surface area contributed by atoms with Gasteiger partial charge in [0.05, 0.1) is 30.8 Å². The first-order valence-corrected chi connectivity index (χ1v) is 8.90. The van der Waals surface area contributed by atoms with Gasteiger partial charge in [-0.3, -0.25) is 0 Å². The minimum absolute atomic E-state index is 0.00907. The molecule has 0 aliphatic carbocycles. The number of methoxy groups -OCH3 is 1. The molecule has 0 bridgehead atoms. The largest absolute Gasteiger partial charge is 0.495 e. The van der Waals surface area contributed by atoms with Gasteiger partial charge in [0.1, 0.15) is 34.9 Å². The normalized spacial score (nSPS) is 28.1. The quantitative estimate of drug-likeness (QED) is 0.620. The smallest absolute Gasteiger partial charge is 0.336 e. The molecule has 1 aromatic carbocycles. The maximum Gasteiger partial charge on any atom is 0.336 e. The molecule has 138 valence electrons. The second-order valence-corrected chi connectivity index (χ2v) is 8.37. The Balaban J connectivity index is 1.92. The molecule has 5 rings (SSSR count). The summed E-state index contributed by atoms with van der Waals surface area (Å²) in [6.07, 6.45) is -0.0295. The van der Waals surface area contributed by atoms with Crippen molar-refractivity contribution in [1.82, 2.24) is 0 Å². The van der Waals surface area contributed by atoms with E-state index in [9.17, 15) is 4.79 Å². The fraction of sp³-hybridized carbons (Fsp3) is 0.550. The van der Waals surface area contributed by atoms with Crippen LogP contribution in [0.1, 0.15) is 44.9 Å². The molecule has 2 fully saturated rings. The van der Waals surface area contributed by atoms with Crippen LogP contribution in [0.15, 0.2) is 21.3 Å². The average Bonchev–Trinajstić information content (AvgIpc) is 3.44. The molecule has 0 spiro atoms. The molecule has 2 saturated heterocycles. The molecule has 1 aromatic heterocycles. The molecular formula is C20H22O6. The maximum atomic E-state index is 12.0. The van der Waals surface area contributed by atoms with Gasteiger partial charge in [0, 0.05) is 17.0 Å². The van der Waals surface area contributed by atoms with E-state index in [2.05, 4.69) is 13.8 Å². The Kier molecular flexibility index (Phi) is 2.99. The molecule has 3 aliphatic rings. The molecule has 3 atom stereocenters. The van der Waals surface area contributed by atoms with E-state index in [0.717, 1.165) is 16.5 Å². The van der Waals surface area contributed by atoms with Gasteiger partial charge in [0.15, 0.2) is 0 Å². The number of ether oxygens (including phenoxy) is 4. The van der Waals surface area contributed by atoms with Crippen LogP contribution in [0.25, 0.3) is 11.0 Å². The Morgan fingerprint density at radius 2 is 2.00 bits per heavy atom. The highest BCUT2D eigenvalue weighted by Crippen LogP contribution is 2.61. The van der Waals surface area contributed by atoms with Crippen molar-refractivity contribution in [3.05, 3.63) is 33.7 Å². The average molecular weight is 358 g/mol. The molecule has 3 aliphatic heterocycles. The maximum absolute atomic E-state index is 12.0. The van der Waals surface area contributed by atoms with Crippen molar-refractivity contribution < 1.29 is 23.4 Å². The van der Waals surface area contributed by atoms with E-state index in [1.54, 1.807) is 13.2 Å². The van der Waals surface area contributed by atoms with E-state index in [1.165, 1.54) is 6.07 Å². The van der Waals surface area contributed by atoms with E-state index >= 15 is 0 Å². The topological polar surface area (TPSA) is 73.7 Å². The molecule has 3 unspecified atom stereocenters. The van der Waals surface area contributed by atoms with Crippen LogP contribution >= 0.6 is 0 Å². The van der Waals surface area contributed by atoms with Gasteiger partial charge in [-0.2, -0.15) is 0 Å². The van der Waals surface area contributed by atoms with Gasteiger partial charge in [-0.05, 0) is 19.9 Å². The SMILES string of the molecule is COc1c2c(c(C(C)(C)C3CO3)c3oc(=O)ccc13)OC(C)(C)C1OC21. The Hall–Kier alpha value is -2.05. The third kappa shape index (κ3) is 2.03. The molecule has 0 radical (unpaired) electrons. The molecule has 6 heteroatoms. The van der Waals surface area contributed by atoms with E-state index in [-0.39, 0.29) is 23.7 Å². The van der Waals surface area contributed by atoms with Crippen LogP contribution in [0.4, 0.5) is 0 Å².